The van der Waals surface area contributed by atoms with Crippen molar-refractivity contribution in [3.05, 3.63) is 53.6 Å². The third-order valence-corrected chi connectivity index (χ3v) is 4.84. The molecule has 0 aliphatic carbocycles. The molecule has 1 aliphatic rings. The Balaban J connectivity index is 1.66. The Morgan fingerprint density at radius 2 is 1.84 bits per heavy atom. The summed E-state index contributed by atoms with van der Waals surface area (Å²) in [4.78, 5) is 0. The minimum absolute atomic E-state index is 0.242. The Morgan fingerprint density at radius 1 is 1.08 bits per heavy atom. The van der Waals surface area contributed by atoms with Crippen molar-refractivity contribution in [3.63, 3.8) is 0 Å². The molecule has 0 bridgehead atoms. The van der Waals surface area contributed by atoms with Gasteiger partial charge in [-0.15, -0.1) is 10.2 Å². The van der Waals surface area contributed by atoms with Gasteiger partial charge in [0.15, 0.2) is 5.82 Å². The fourth-order valence-electron chi connectivity index (χ4n) is 3.29. The van der Waals surface area contributed by atoms with Crippen LogP contribution in [-0.4, -0.2) is 29.5 Å². The third kappa shape index (κ3) is 3.46. The van der Waals surface area contributed by atoms with Crippen molar-refractivity contribution < 1.29 is 4.74 Å². The first-order valence-electron chi connectivity index (χ1n) is 8.57. The average Bonchev–Trinajstić information content (AvgIpc) is 3.06. The van der Waals surface area contributed by atoms with E-state index < -0.39 is 0 Å². The predicted molar refractivity (Wildman–Crippen MR) is 102 cm³/mol. The molecule has 0 saturated carbocycles. The SMILES string of the molecule is CC1COC(CNc2nnc(-c3ccc(Cl)cc3)c3ccccc23)C1. The first kappa shape index (κ1) is 16.3. The summed E-state index contributed by atoms with van der Waals surface area (Å²) in [5.74, 6) is 1.43. The van der Waals surface area contributed by atoms with Crippen LogP contribution < -0.4 is 5.32 Å². The highest BCUT2D eigenvalue weighted by molar-refractivity contribution is 6.30. The third-order valence-electron chi connectivity index (χ3n) is 4.58. The molecule has 0 amide bonds. The summed E-state index contributed by atoms with van der Waals surface area (Å²) < 4.78 is 5.78. The molecule has 1 aliphatic heterocycles. The normalized spacial score (nSPS) is 20.1. The summed E-state index contributed by atoms with van der Waals surface area (Å²) in [5, 5.41) is 15.2. The van der Waals surface area contributed by atoms with Crippen LogP contribution in [0.2, 0.25) is 5.02 Å². The summed E-state index contributed by atoms with van der Waals surface area (Å²) in [7, 11) is 0. The zero-order valence-electron chi connectivity index (χ0n) is 14.1. The maximum atomic E-state index is 6.00. The number of fused-ring (bicyclic) bond motifs is 1. The maximum Gasteiger partial charge on any atom is 0.156 e. The molecule has 2 unspecified atom stereocenters. The van der Waals surface area contributed by atoms with Crippen LogP contribution in [-0.2, 0) is 4.74 Å². The van der Waals surface area contributed by atoms with E-state index in [0.717, 1.165) is 47.4 Å². The van der Waals surface area contributed by atoms with Crippen LogP contribution in [0.25, 0.3) is 22.0 Å². The number of hydrogen-bond acceptors (Lipinski definition) is 4. The Morgan fingerprint density at radius 3 is 2.56 bits per heavy atom. The lowest BCUT2D eigenvalue weighted by Gasteiger charge is -2.14. The zero-order valence-corrected chi connectivity index (χ0v) is 14.8. The fourth-order valence-corrected chi connectivity index (χ4v) is 3.42. The van der Waals surface area contributed by atoms with E-state index in [1.165, 1.54) is 0 Å². The molecule has 2 aromatic carbocycles. The lowest BCUT2D eigenvalue weighted by molar-refractivity contribution is 0.116. The molecule has 1 saturated heterocycles. The Bertz CT molecular complexity index is 882. The van der Waals surface area contributed by atoms with E-state index in [2.05, 4.69) is 34.6 Å². The highest BCUT2D eigenvalue weighted by atomic mass is 35.5. The second-order valence-corrected chi connectivity index (χ2v) is 7.06. The molecule has 0 radical (unpaired) electrons. The minimum atomic E-state index is 0.242. The summed E-state index contributed by atoms with van der Waals surface area (Å²) >= 11 is 6.00. The molecule has 128 valence electrons. The Hall–Kier alpha value is -2.17. The lowest BCUT2D eigenvalue weighted by atomic mass is 10.0. The first-order valence-corrected chi connectivity index (χ1v) is 8.95. The second kappa shape index (κ2) is 6.98. The van der Waals surface area contributed by atoms with Gasteiger partial charge in [-0.1, -0.05) is 54.9 Å². The molecule has 4 nitrogen and oxygen atoms in total. The number of anilines is 1. The summed E-state index contributed by atoms with van der Waals surface area (Å²) in [5.41, 5.74) is 1.87. The van der Waals surface area contributed by atoms with Gasteiger partial charge in [-0.25, -0.2) is 0 Å². The predicted octanol–water partition coefficient (Wildman–Crippen LogP) is 4.79. The van der Waals surface area contributed by atoms with Crippen LogP contribution in [0.4, 0.5) is 5.82 Å². The highest BCUT2D eigenvalue weighted by Gasteiger charge is 2.22. The van der Waals surface area contributed by atoms with Crippen LogP contribution in [0.1, 0.15) is 13.3 Å². The second-order valence-electron chi connectivity index (χ2n) is 6.63. The number of rotatable bonds is 4. The maximum absolute atomic E-state index is 6.00. The largest absolute Gasteiger partial charge is 0.376 e. The van der Waals surface area contributed by atoms with Gasteiger partial charge in [0.05, 0.1) is 6.10 Å². The summed E-state index contributed by atoms with van der Waals surface area (Å²) in [6, 6.07) is 15.9. The van der Waals surface area contributed by atoms with E-state index in [-0.39, 0.29) is 6.10 Å². The van der Waals surface area contributed by atoms with Gasteiger partial charge in [0.1, 0.15) is 5.69 Å². The molecule has 5 heteroatoms. The van der Waals surface area contributed by atoms with Crippen molar-refractivity contribution in [1.29, 1.82) is 0 Å². The monoisotopic (exact) mass is 353 g/mol. The van der Waals surface area contributed by atoms with E-state index in [4.69, 9.17) is 16.3 Å². The van der Waals surface area contributed by atoms with E-state index in [1.807, 2.05) is 36.4 Å². The van der Waals surface area contributed by atoms with E-state index in [0.29, 0.717) is 10.9 Å². The van der Waals surface area contributed by atoms with Gasteiger partial charge < -0.3 is 10.1 Å². The van der Waals surface area contributed by atoms with Crippen molar-refractivity contribution in [1.82, 2.24) is 10.2 Å². The van der Waals surface area contributed by atoms with E-state index in [9.17, 15) is 0 Å². The van der Waals surface area contributed by atoms with Gasteiger partial charge in [0, 0.05) is 34.5 Å². The molecule has 1 N–H and O–H groups in total. The van der Waals surface area contributed by atoms with Crippen molar-refractivity contribution in [2.24, 2.45) is 5.92 Å². The van der Waals surface area contributed by atoms with Crippen LogP contribution >= 0.6 is 11.6 Å². The number of benzene rings is 2. The van der Waals surface area contributed by atoms with Crippen molar-refractivity contribution >= 4 is 28.2 Å². The minimum Gasteiger partial charge on any atom is -0.376 e. The molecule has 1 aromatic heterocycles. The van der Waals surface area contributed by atoms with Gasteiger partial charge in [-0.05, 0) is 24.5 Å². The van der Waals surface area contributed by atoms with Crippen molar-refractivity contribution in [2.75, 3.05) is 18.5 Å². The smallest absolute Gasteiger partial charge is 0.156 e. The Kier molecular flexibility index (Phi) is 4.55. The number of hydrogen-bond donors (Lipinski definition) is 1. The van der Waals surface area contributed by atoms with Crippen LogP contribution in [0, 0.1) is 5.92 Å². The number of aromatic nitrogens is 2. The number of halogens is 1. The number of nitrogens with zero attached hydrogens (tertiary/aromatic N) is 2. The zero-order chi connectivity index (χ0) is 17.2. The standard InChI is InChI=1S/C20H20ClN3O/c1-13-10-16(25-12-13)11-22-20-18-5-3-2-4-17(18)19(23-24-20)14-6-8-15(21)9-7-14/h2-9,13,16H,10-12H2,1H3,(H,22,24). The topological polar surface area (TPSA) is 47.0 Å². The van der Waals surface area contributed by atoms with Crippen LogP contribution in [0.15, 0.2) is 48.5 Å². The van der Waals surface area contributed by atoms with Gasteiger partial charge in [-0.3, -0.25) is 0 Å². The molecule has 0 spiro atoms. The number of ether oxygens (including phenoxy) is 1. The van der Waals surface area contributed by atoms with Gasteiger partial charge in [-0.2, -0.15) is 0 Å². The molecule has 25 heavy (non-hydrogen) atoms. The van der Waals surface area contributed by atoms with Crippen molar-refractivity contribution in [3.8, 4) is 11.3 Å². The molecular weight excluding hydrogens is 334 g/mol. The lowest BCUT2D eigenvalue weighted by Crippen LogP contribution is -2.19. The van der Waals surface area contributed by atoms with Crippen LogP contribution in [0.5, 0.6) is 0 Å². The van der Waals surface area contributed by atoms with Gasteiger partial charge in [0.2, 0.25) is 0 Å². The molecular formula is C20H20ClN3O. The number of nitrogens with one attached hydrogen (secondary N) is 1. The van der Waals surface area contributed by atoms with Gasteiger partial charge >= 0.3 is 0 Å². The first-order chi connectivity index (χ1) is 12.2. The summed E-state index contributed by atoms with van der Waals surface area (Å²) in [6.07, 6.45) is 1.33. The fraction of sp³-hybridized carbons (Fsp3) is 0.300. The highest BCUT2D eigenvalue weighted by Crippen LogP contribution is 2.30. The quantitative estimate of drug-likeness (QED) is 0.732. The van der Waals surface area contributed by atoms with E-state index >= 15 is 0 Å². The van der Waals surface area contributed by atoms with E-state index in [1.54, 1.807) is 0 Å². The Labute approximate surface area is 152 Å². The average molecular weight is 354 g/mol. The summed E-state index contributed by atoms with van der Waals surface area (Å²) in [6.45, 7) is 3.81. The van der Waals surface area contributed by atoms with Crippen LogP contribution in [0.3, 0.4) is 0 Å². The molecule has 4 rings (SSSR count). The van der Waals surface area contributed by atoms with Crippen molar-refractivity contribution in [2.45, 2.75) is 19.4 Å². The van der Waals surface area contributed by atoms with Gasteiger partial charge in [0.25, 0.3) is 0 Å². The molecule has 3 aromatic rings. The molecule has 1 fully saturated rings. The molecule has 2 heterocycles. The molecule has 2 atom stereocenters.